The summed E-state index contributed by atoms with van der Waals surface area (Å²) in [6.45, 7) is 6.90. The fourth-order valence-electron chi connectivity index (χ4n) is 4.21. The average Bonchev–Trinajstić information content (AvgIpc) is 2.71. The second kappa shape index (κ2) is 12.6. The maximum absolute atomic E-state index is 4.44. The van der Waals surface area contributed by atoms with Gasteiger partial charge in [0, 0.05) is 39.3 Å². The van der Waals surface area contributed by atoms with Gasteiger partial charge in [-0.2, -0.15) is 0 Å². The third-order valence-corrected chi connectivity index (χ3v) is 6.08. The molecule has 0 spiro atoms. The van der Waals surface area contributed by atoms with E-state index in [1.165, 1.54) is 50.8 Å². The molecule has 6 heteroatoms. The molecule has 2 aliphatic heterocycles. The Kier molecular flexibility index (Phi) is 10.6. The molecule has 0 radical (unpaired) electrons. The highest BCUT2D eigenvalue weighted by Gasteiger charge is 2.20. The van der Waals surface area contributed by atoms with Crippen LogP contribution in [0.2, 0.25) is 0 Å². The predicted octanol–water partition coefficient (Wildman–Crippen LogP) is 3.17. The predicted molar refractivity (Wildman–Crippen MR) is 129 cm³/mol. The lowest BCUT2D eigenvalue weighted by molar-refractivity contribution is 0.198. The lowest BCUT2D eigenvalue weighted by Gasteiger charge is -2.33. The molecule has 28 heavy (non-hydrogen) atoms. The summed E-state index contributed by atoms with van der Waals surface area (Å²) in [7, 11) is 4.11. The van der Waals surface area contributed by atoms with Gasteiger partial charge in [-0.1, -0.05) is 30.3 Å². The minimum atomic E-state index is 0. The van der Waals surface area contributed by atoms with Crippen LogP contribution in [0.25, 0.3) is 0 Å². The van der Waals surface area contributed by atoms with Crippen LogP contribution in [0.3, 0.4) is 0 Å². The summed E-state index contributed by atoms with van der Waals surface area (Å²) in [6, 6.07) is 11.3. The van der Waals surface area contributed by atoms with E-state index in [9.17, 15) is 0 Å². The molecular formula is C22H38IN5. The first-order chi connectivity index (χ1) is 13.2. The monoisotopic (exact) mass is 499 g/mol. The number of rotatable bonds is 6. The molecule has 2 heterocycles. The Balaban J connectivity index is 0.00000280. The molecule has 1 aromatic rings. The van der Waals surface area contributed by atoms with Crippen LogP contribution in [0.4, 0.5) is 0 Å². The van der Waals surface area contributed by atoms with Crippen molar-refractivity contribution in [2.45, 2.75) is 44.7 Å². The molecule has 2 saturated heterocycles. The molecule has 0 aliphatic carbocycles. The number of likely N-dealkylation sites (tertiary alicyclic amines) is 2. The Morgan fingerprint density at radius 3 is 2.36 bits per heavy atom. The van der Waals surface area contributed by atoms with Crippen LogP contribution < -0.4 is 10.6 Å². The molecular weight excluding hydrogens is 461 g/mol. The van der Waals surface area contributed by atoms with E-state index in [1.807, 2.05) is 7.05 Å². The largest absolute Gasteiger partial charge is 0.356 e. The van der Waals surface area contributed by atoms with Crippen molar-refractivity contribution in [3.63, 3.8) is 0 Å². The Morgan fingerprint density at radius 1 is 1.04 bits per heavy atom. The van der Waals surface area contributed by atoms with Crippen molar-refractivity contribution in [2.75, 3.05) is 46.8 Å². The van der Waals surface area contributed by atoms with Crippen LogP contribution in [-0.4, -0.2) is 68.6 Å². The summed E-state index contributed by atoms with van der Waals surface area (Å²) in [5, 5.41) is 7.18. The highest BCUT2D eigenvalue weighted by atomic mass is 127. The van der Waals surface area contributed by atoms with Gasteiger partial charge in [0.1, 0.15) is 0 Å². The van der Waals surface area contributed by atoms with Gasteiger partial charge in [0.25, 0.3) is 0 Å². The lowest BCUT2D eigenvalue weighted by Crippen LogP contribution is -2.48. The third-order valence-electron chi connectivity index (χ3n) is 6.08. The SMILES string of the molecule is CN=C(NCCC1CCN(C)CC1)NC1CCN(Cc2ccccc2)CC1.I. The number of hydrogen-bond acceptors (Lipinski definition) is 3. The summed E-state index contributed by atoms with van der Waals surface area (Å²) < 4.78 is 0. The van der Waals surface area contributed by atoms with Crippen molar-refractivity contribution < 1.29 is 0 Å². The van der Waals surface area contributed by atoms with Crippen molar-refractivity contribution in [2.24, 2.45) is 10.9 Å². The molecule has 158 valence electrons. The zero-order chi connectivity index (χ0) is 18.9. The molecule has 1 aromatic carbocycles. The number of hydrogen-bond donors (Lipinski definition) is 2. The number of nitrogens with one attached hydrogen (secondary N) is 2. The van der Waals surface area contributed by atoms with Crippen LogP contribution in [0, 0.1) is 5.92 Å². The van der Waals surface area contributed by atoms with Crippen molar-refractivity contribution in [1.82, 2.24) is 20.4 Å². The van der Waals surface area contributed by atoms with Crippen LogP contribution >= 0.6 is 24.0 Å². The molecule has 5 nitrogen and oxygen atoms in total. The zero-order valence-electron chi connectivity index (χ0n) is 17.6. The first-order valence-electron chi connectivity index (χ1n) is 10.6. The van der Waals surface area contributed by atoms with E-state index >= 15 is 0 Å². The van der Waals surface area contributed by atoms with Gasteiger partial charge >= 0.3 is 0 Å². The zero-order valence-corrected chi connectivity index (χ0v) is 19.9. The van der Waals surface area contributed by atoms with Gasteiger partial charge in [0.05, 0.1) is 0 Å². The molecule has 0 bridgehead atoms. The molecule has 2 aliphatic rings. The Hall–Kier alpha value is -0.860. The number of halogens is 1. The van der Waals surface area contributed by atoms with Gasteiger partial charge in [-0.05, 0) is 63.7 Å². The van der Waals surface area contributed by atoms with Crippen LogP contribution in [0.1, 0.15) is 37.7 Å². The lowest BCUT2D eigenvalue weighted by atomic mass is 9.94. The van der Waals surface area contributed by atoms with E-state index in [0.717, 1.165) is 38.1 Å². The first-order valence-corrected chi connectivity index (χ1v) is 10.6. The van der Waals surface area contributed by atoms with Gasteiger partial charge in [0.2, 0.25) is 0 Å². The normalized spacial score (nSPS) is 20.6. The molecule has 3 rings (SSSR count). The van der Waals surface area contributed by atoms with Gasteiger partial charge in [-0.25, -0.2) is 0 Å². The number of aliphatic imine (C=N–C) groups is 1. The third kappa shape index (κ3) is 7.87. The number of benzene rings is 1. The first kappa shape index (κ1) is 23.4. The number of piperidine rings is 2. The standard InChI is InChI=1S/C22H37N5.HI/c1-23-22(24-13-8-19-9-14-26(2)15-10-19)25-21-11-16-27(17-12-21)18-20-6-4-3-5-7-20;/h3-7,19,21H,8-18H2,1-2H3,(H2,23,24,25);1H. The van der Waals surface area contributed by atoms with Crippen LogP contribution in [0.15, 0.2) is 35.3 Å². The van der Waals surface area contributed by atoms with Crippen LogP contribution in [0.5, 0.6) is 0 Å². The van der Waals surface area contributed by atoms with E-state index in [4.69, 9.17) is 0 Å². The highest BCUT2D eigenvalue weighted by molar-refractivity contribution is 14.0. The average molecular weight is 499 g/mol. The quantitative estimate of drug-likeness (QED) is 0.359. The number of nitrogens with zero attached hydrogens (tertiary/aromatic N) is 3. The van der Waals surface area contributed by atoms with Gasteiger partial charge in [-0.3, -0.25) is 9.89 Å². The summed E-state index contributed by atoms with van der Waals surface area (Å²) in [5.74, 6) is 1.84. The molecule has 0 atom stereocenters. The smallest absolute Gasteiger partial charge is 0.191 e. The molecule has 0 aromatic heterocycles. The number of guanidine groups is 1. The maximum atomic E-state index is 4.44. The van der Waals surface area contributed by atoms with Crippen LogP contribution in [-0.2, 0) is 6.54 Å². The van der Waals surface area contributed by atoms with Crippen molar-refractivity contribution in [3.05, 3.63) is 35.9 Å². The molecule has 0 saturated carbocycles. The minimum Gasteiger partial charge on any atom is -0.356 e. The Bertz CT molecular complexity index is 564. The second-order valence-electron chi connectivity index (χ2n) is 8.21. The Morgan fingerprint density at radius 2 is 1.71 bits per heavy atom. The van der Waals surface area contributed by atoms with Gasteiger partial charge in [0.15, 0.2) is 5.96 Å². The minimum absolute atomic E-state index is 0. The van der Waals surface area contributed by atoms with E-state index < -0.39 is 0 Å². The van der Waals surface area contributed by atoms with Crippen molar-refractivity contribution >= 4 is 29.9 Å². The van der Waals surface area contributed by atoms with Gasteiger partial charge < -0.3 is 15.5 Å². The highest BCUT2D eigenvalue weighted by Crippen LogP contribution is 2.18. The fourth-order valence-corrected chi connectivity index (χ4v) is 4.21. The van der Waals surface area contributed by atoms with Crippen molar-refractivity contribution in [1.29, 1.82) is 0 Å². The molecule has 0 unspecified atom stereocenters. The Labute approximate surface area is 188 Å². The maximum Gasteiger partial charge on any atom is 0.191 e. The summed E-state index contributed by atoms with van der Waals surface area (Å²) in [6.07, 6.45) is 6.29. The molecule has 2 N–H and O–H groups in total. The molecule has 2 fully saturated rings. The van der Waals surface area contributed by atoms with Crippen molar-refractivity contribution in [3.8, 4) is 0 Å². The van der Waals surface area contributed by atoms with E-state index in [-0.39, 0.29) is 24.0 Å². The van der Waals surface area contributed by atoms with Gasteiger partial charge in [-0.15, -0.1) is 24.0 Å². The second-order valence-corrected chi connectivity index (χ2v) is 8.21. The van der Waals surface area contributed by atoms with E-state index in [2.05, 4.69) is 62.8 Å². The van der Waals surface area contributed by atoms with E-state index in [0.29, 0.717) is 6.04 Å². The summed E-state index contributed by atoms with van der Waals surface area (Å²) >= 11 is 0. The fraction of sp³-hybridized carbons (Fsp3) is 0.682. The van der Waals surface area contributed by atoms with E-state index in [1.54, 1.807) is 0 Å². The summed E-state index contributed by atoms with van der Waals surface area (Å²) in [4.78, 5) is 9.43. The summed E-state index contributed by atoms with van der Waals surface area (Å²) in [5.41, 5.74) is 1.41. The molecule has 0 amide bonds. The topological polar surface area (TPSA) is 42.9 Å².